The van der Waals surface area contributed by atoms with E-state index in [1.54, 1.807) is 29.0 Å². The van der Waals surface area contributed by atoms with E-state index in [0.29, 0.717) is 43.1 Å². The Hall–Kier alpha value is -4.47. The van der Waals surface area contributed by atoms with Gasteiger partial charge in [-0.1, -0.05) is 18.2 Å². The second kappa shape index (κ2) is 10.4. The van der Waals surface area contributed by atoms with E-state index in [2.05, 4.69) is 32.3 Å². The average molecular weight is 525 g/mol. The van der Waals surface area contributed by atoms with Gasteiger partial charge in [0.1, 0.15) is 11.6 Å². The molecule has 5 heterocycles. The van der Waals surface area contributed by atoms with E-state index in [0.717, 1.165) is 40.8 Å². The number of aromatic nitrogens is 4. The highest BCUT2D eigenvalue weighted by atomic mass is 16.2. The molecule has 200 valence electrons. The molecule has 2 aliphatic heterocycles. The lowest BCUT2D eigenvalue weighted by Gasteiger charge is -2.16. The van der Waals surface area contributed by atoms with Crippen LogP contribution in [-0.4, -0.2) is 63.1 Å². The van der Waals surface area contributed by atoms with Crippen LogP contribution in [0.4, 0.5) is 11.6 Å². The third-order valence-electron chi connectivity index (χ3n) is 7.66. The highest BCUT2D eigenvalue weighted by molar-refractivity contribution is 5.96. The fourth-order valence-electron chi connectivity index (χ4n) is 5.51. The van der Waals surface area contributed by atoms with Gasteiger partial charge in [-0.2, -0.15) is 5.10 Å². The van der Waals surface area contributed by atoms with E-state index in [4.69, 9.17) is 10.8 Å². The molecule has 3 aromatic heterocycles. The molecule has 4 aromatic rings. The first-order valence-corrected chi connectivity index (χ1v) is 13.4. The highest BCUT2D eigenvalue weighted by Gasteiger charge is 2.33. The maximum Gasteiger partial charge on any atom is 0.255 e. The Bertz CT molecular complexity index is 1520. The summed E-state index contributed by atoms with van der Waals surface area (Å²) in [5.74, 6) is 1.20. The minimum absolute atomic E-state index is 0.0625. The number of benzene rings is 1. The molecule has 0 saturated carbocycles. The predicted molar refractivity (Wildman–Crippen MR) is 149 cm³/mol. The topological polar surface area (TPSA) is 122 Å². The number of pyridine rings is 2. The summed E-state index contributed by atoms with van der Waals surface area (Å²) in [6, 6.07) is 11.9. The van der Waals surface area contributed by atoms with Gasteiger partial charge in [0, 0.05) is 69.5 Å². The lowest BCUT2D eigenvalue weighted by molar-refractivity contribution is -0.126. The number of rotatable bonds is 7. The lowest BCUT2D eigenvalue weighted by Crippen LogP contribution is -2.24. The molecule has 0 bridgehead atoms. The number of nitrogen functional groups attached to an aromatic ring is 1. The van der Waals surface area contributed by atoms with Crippen molar-refractivity contribution < 1.29 is 9.59 Å². The van der Waals surface area contributed by atoms with Crippen molar-refractivity contribution in [3.63, 3.8) is 0 Å². The molecule has 0 aliphatic carbocycles. The number of likely N-dealkylation sites (tertiary alicyclic amines) is 1. The molecule has 1 unspecified atom stereocenters. The fraction of sp³-hybridized carbons (Fsp3) is 0.345. The maximum absolute atomic E-state index is 13.4. The van der Waals surface area contributed by atoms with Crippen LogP contribution in [0.5, 0.6) is 0 Å². The lowest BCUT2D eigenvalue weighted by atomic mass is 10.0. The highest BCUT2D eigenvalue weighted by Crippen LogP contribution is 2.29. The number of anilines is 2. The SMILES string of the molecule is CN1CC(c2nn(Cc3ccc(N4CCCC4)nc3)cc2C(=O)NCc2ccc3c(N)nccc3c2)CC1=O. The molecule has 1 aromatic carbocycles. The maximum atomic E-state index is 13.4. The largest absolute Gasteiger partial charge is 0.383 e. The molecule has 3 N–H and O–H groups in total. The van der Waals surface area contributed by atoms with Gasteiger partial charge in [-0.05, 0) is 47.6 Å². The van der Waals surface area contributed by atoms with Gasteiger partial charge in [0.05, 0.1) is 17.8 Å². The third kappa shape index (κ3) is 5.14. The summed E-state index contributed by atoms with van der Waals surface area (Å²) in [6.07, 6.45) is 8.10. The number of carbonyl (C=O) groups is 2. The standard InChI is InChI=1S/C29H32N8O2/c1-35-17-22(13-26(35)38)27-24(29(39)33-14-19-4-6-23-21(12-19)8-9-31-28(23)30)18-37(34-27)16-20-5-7-25(32-15-20)36-10-2-3-11-36/h4-9,12,15,18,22H,2-3,10-11,13-14,16-17H2,1H3,(H2,30,31)(H,33,39). The van der Waals surface area contributed by atoms with Gasteiger partial charge in [-0.25, -0.2) is 9.97 Å². The zero-order valence-electron chi connectivity index (χ0n) is 22.0. The molecule has 10 heteroatoms. The first-order chi connectivity index (χ1) is 18.9. The van der Waals surface area contributed by atoms with Gasteiger partial charge < -0.3 is 20.9 Å². The molecular weight excluding hydrogens is 492 g/mol. The fourth-order valence-corrected chi connectivity index (χ4v) is 5.51. The number of nitrogens with zero attached hydrogens (tertiary/aromatic N) is 6. The minimum atomic E-state index is -0.213. The Balaban J connectivity index is 1.21. The summed E-state index contributed by atoms with van der Waals surface area (Å²) in [6.45, 7) is 3.48. The molecule has 2 aliphatic rings. The number of fused-ring (bicyclic) bond motifs is 1. The third-order valence-corrected chi connectivity index (χ3v) is 7.66. The quantitative estimate of drug-likeness (QED) is 0.381. The second-order valence-corrected chi connectivity index (χ2v) is 10.5. The Kier molecular flexibility index (Phi) is 6.60. The van der Waals surface area contributed by atoms with Gasteiger partial charge in [-0.3, -0.25) is 14.3 Å². The molecule has 39 heavy (non-hydrogen) atoms. The second-order valence-electron chi connectivity index (χ2n) is 10.5. The van der Waals surface area contributed by atoms with Crippen LogP contribution in [-0.2, 0) is 17.9 Å². The van der Waals surface area contributed by atoms with Crippen LogP contribution in [0.3, 0.4) is 0 Å². The molecule has 1 atom stereocenters. The molecule has 2 fully saturated rings. The van der Waals surface area contributed by atoms with Crippen molar-refractivity contribution in [2.45, 2.75) is 38.3 Å². The van der Waals surface area contributed by atoms with Crippen LogP contribution in [0.25, 0.3) is 10.8 Å². The van der Waals surface area contributed by atoms with Crippen LogP contribution < -0.4 is 16.0 Å². The van der Waals surface area contributed by atoms with Crippen molar-refractivity contribution in [1.82, 2.24) is 30.0 Å². The van der Waals surface area contributed by atoms with E-state index in [9.17, 15) is 9.59 Å². The van der Waals surface area contributed by atoms with E-state index < -0.39 is 0 Å². The molecule has 6 rings (SSSR count). The summed E-state index contributed by atoms with van der Waals surface area (Å²) in [5, 5.41) is 9.70. The molecule has 0 spiro atoms. The Labute approximate surface area is 226 Å². The van der Waals surface area contributed by atoms with Gasteiger partial charge in [0.15, 0.2) is 0 Å². The number of carbonyl (C=O) groups excluding carboxylic acids is 2. The van der Waals surface area contributed by atoms with Crippen LogP contribution in [0.2, 0.25) is 0 Å². The first kappa shape index (κ1) is 24.8. The van der Waals surface area contributed by atoms with Crippen molar-refractivity contribution >= 4 is 34.2 Å². The van der Waals surface area contributed by atoms with Crippen molar-refractivity contribution in [2.24, 2.45) is 0 Å². The van der Waals surface area contributed by atoms with Crippen molar-refractivity contribution in [3.8, 4) is 0 Å². The summed E-state index contributed by atoms with van der Waals surface area (Å²) in [7, 11) is 1.79. The van der Waals surface area contributed by atoms with Crippen LogP contribution in [0.15, 0.2) is 55.0 Å². The zero-order valence-corrected chi connectivity index (χ0v) is 22.0. The molecule has 10 nitrogen and oxygen atoms in total. The van der Waals surface area contributed by atoms with Crippen LogP contribution >= 0.6 is 0 Å². The van der Waals surface area contributed by atoms with Gasteiger partial charge in [0.25, 0.3) is 5.91 Å². The summed E-state index contributed by atoms with van der Waals surface area (Å²) in [4.78, 5) is 38.5. The Morgan fingerprint density at radius 3 is 2.67 bits per heavy atom. The zero-order chi connectivity index (χ0) is 26.9. The number of likely N-dealkylation sites (N-methyl/N-ethyl adjacent to an activating group) is 1. The number of hydrogen-bond acceptors (Lipinski definition) is 7. The van der Waals surface area contributed by atoms with E-state index >= 15 is 0 Å². The smallest absolute Gasteiger partial charge is 0.255 e. The van der Waals surface area contributed by atoms with Crippen LogP contribution in [0, 0.1) is 0 Å². The van der Waals surface area contributed by atoms with Crippen molar-refractivity contribution in [3.05, 3.63) is 77.4 Å². The normalized spacial score (nSPS) is 17.4. The van der Waals surface area contributed by atoms with E-state index in [1.807, 2.05) is 30.5 Å². The average Bonchev–Trinajstić information content (AvgIpc) is 3.69. The van der Waals surface area contributed by atoms with Crippen LogP contribution in [0.1, 0.15) is 52.4 Å². The number of amides is 2. The molecule has 0 radical (unpaired) electrons. The molecular formula is C29H32N8O2. The number of nitrogens with one attached hydrogen (secondary N) is 1. The van der Waals surface area contributed by atoms with E-state index in [-0.39, 0.29) is 17.7 Å². The first-order valence-electron chi connectivity index (χ1n) is 13.4. The van der Waals surface area contributed by atoms with E-state index in [1.165, 1.54) is 12.8 Å². The Morgan fingerprint density at radius 1 is 1.10 bits per heavy atom. The number of nitrogens with two attached hydrogens (primary N) is 1. The monoisotopic (exact) mass is 524 g/mol. The minimum Gasteiger partial charge on any atom is -0.383 e. The molecule has 2 saturated heterocycles. The van der Waals surface area contributed by atoms with Crippen molar-refractivity contribution in [2.75, 3.05) is 37.3 Å². The van der Waals surface area contributed by atoms with Crippen molar-refractivity contribution in [1.29, 1.82) is 0 Å². The Morgan fingerprint density at radius 2 is 1.92 bits per heavy atom. The predicted octanol–water partition coefficient (Wildman–Crippen LogP) is 2.93. The number of hydrogen-bond donors (Lipinski definition) is 2. The summed E-state index contributed by atoms with van der Waals surface area (Å²) < 4.78 is 1.78. The summed E-state index contributed by atoms with van der Waals surface area (Å²) >= 11 is 0. The molecule has 2 amide bonds. The van der Waals surface area contributed by atoms with Gasteiger partial charge in [0.2, 0.25) is 5.91 Å². The van der Waals surface area contributed by atoms with Gasteiger partial charge >= 0.3 is 0 Å². The summed E-state index contributed by atoms with van der Waals surface area (Å²) in [5.41, 5.74) is 9.08. The van der Waals surface area contributed by atoms with Gasteiger partial charge in [-0.15, -0.1) is 0 Å².